The van der Waals surface area contributed by atoms with Gasteiger partial charge in [-0.1, -0.05) is 30.3 Å². The molecule has 1 unspecified atom stereocenters. The molecule has 0 saturated carbocycles. The first-order chi connectivity index (χ1) is 6.75. The summed E-state index contributed by atoms with van der Waals surface area (Å²) in [6, 6.07) is 11.4. The van der Waals surface area contributed by atoms with E-state index in [4.69, 9.17) is 0 Å². The lowest BCUT2D eigenvalue weighted by Crippen LogP contribution is -2.23. The minimum absolute atomic E-state index is 0.693. The lowest BCUT2D eigenvalue weighted by molar-refractivity contribution is 0.259. The molecule has 0 aliphatic carbocycles. The summed E-state index contributed by atoms with van der Waals surface area (Å²) in [7, 11) is 2.19. The van der Waals surface area contributed by atoms with Crippen molar-refractivity contribution in [2.45, 2.75) is 19.5 Å². The molecule has 0 N–H and O–H groups in total. The molecule has 1 aliphatic heterocycles. The van der Waals surface area contributed by atoms with E-state index in [0.717, 1.165) is 13.2 Å². The van der Waals surface area contributed by atoms with Gasteiger partial charge in [-0.2, -0.15) is 0 Å². The van der Waals surface area contributed by atoms with Gasteiger partial charge < -0.3 is 0 Å². The summed E-state index contributed by atoms with van der Waals surface area (Å²) in [5.74, 6) is 0. The van der Waals surface area contributed by atoms with E-state index in [9.17, 15) is 0 Å². The van der Waals surface area contributed by atoms with Crippen molar-refractivity contribution in [1.82, 2.24) is 9.80 Å². The largest absolute Gasteiger partial charge is 0.290 e. The van der Waals surface area contributed by atoms with Crippen LogP contribution in [0.2, 0.25) is 0 Å². The summed E-state index contributed by atoms with van der Waals surface area (Å²) >= 11 is 0. The summed E-state index contributed by atoms with van der Waals surface area (Å²) in [5, 5.41) is 0. The molecule has 0 bridgehead atoms. The number of benzene rings is 1. The van der Waals surface area contributed by atoms with Crippen molar-refractivity contribution in [2.24, 2.45) is 0 Å². The molecular weight excluding hydrogens is 172 g/mol. The molecule has 2 heteroatoms. The van der Waals surface area contributed by atoms with Gasteiger partial charge in [0.05, 0.1) is 6.67 Å². The highest BCUT2D eigenvalue weighted by molar-refractivity contribution is 5.14. The number of rotatable bonds is 2. The zero-order chi connectivity index (χ0) is 9.97. The first kappa shape index (κ1) is 9.69. The topological polar surface area (TPSA) is 6.48 Å². The zero-order valence-electron chi connectivity index (χ0n) is 8.98. The molecule has 1 fully saturated rings. The predicted octanol–water partition coefficient (Wildman–Crippen LogP) is 1.78. The smallest absolute Gasteiger partial charge is 0.0510 e. The van der Waals surface area contributed by atoms with Crippen LogP contribution in [0.25, 0.3) is 0 Å². The first-order valence-corrected chi connectivity index (χ1v) is 5.22. The molecule has 1 saturated heterocycles. The molecule has 1 atom stereocenters. The first-order valence-electron chi connectivity index (χ1n) is 5.22. The van der Waals surface area contributed by atoms with Gasteiger partial charge in [0.1, 0.15) is 0 Å². The standard InChI is InChI=1S/C12H18N2/c1-11-8-14(10-13(11)2)9-12-6-4-3-5-7-12/h3-7,11H,8-10H2,1-2H3. The van der Waals surface area contributed by atoms with Gasteiger partial charge in [0.15, 0.2) is 0 Å². The van der Waals surface area contributed by atoms with Crippen molar-refractivity contribution in [3.63, 3.8) is 0 Å². The van der Waals surface area contributed by atoms with Crippen LogP contribution in [0.4, 0.5) is 0 Å². The maximum absolute atomic E-state index is 2.49. The van der Waals surface area contributed by atoms with Crippen molar-refractivity contribution >= 4 is 0 Å². The molecule has 1 aromatic carbocycles. The molecule has 2 nitrogen and oxygen atoms in total. The van der Waals surface area contributed by atoms with Gasteiger partial charge >= 0.3 is 0 Å². The number of likely N-dealkylation sites (N-methyl/N-ethyl adjacent to an activating group) is 1. The van der Waals surface area contributed by atoms with E-state index >= 15 is 0 Å². The quantitative estimate of drug-likeness (QED) is 0.701. The Balaban J connectivity index is 1.94. The fraction of sp³-hybridized carbons (Fsp3) is 0.500. The van der Waals surface area contributed by atoms with Gasteiger partial charge in [-0.15, -0.1) is 0 Å². The number of hydrogen-bond donors (Lipinski definition) is 0. The van der Waals surface area contributed by atoms with E-state index in [2.05, 4.69) is 54.1 Å². The monoisotopic (exact) mass is 190 g/mol. The summed E-state index contributed by atoms with van der Waals surface area (Å²) in [6.45, 7) is 5.64. The van der Waals surface area contributed by atoms with Crippen LogP contribution in [-0.2, 0) is 6.54 Å². The van der Waals surface area contributed by atoms with Gasteiger partial charge in [0.25, 0.3) is 0 Å². The van der Waals surface area contributed by atoms with Crippen LogP contribution >= 0.6 is 0 Å². The van der Waals surface area contributed by atoms with Crippen LogP contribution in [0, 0.1) is 0 Å². The fourth-order valence-electron chi connectivity index (χ4n) is 1.98. The fourth-order valence-corrected chi connectivity index (χ4v) is 1.98. The Labute approximate surface area is 86.1 Å². The Hall–Kier alpha value is -0.860. The molecule has 0 spiro atoms. The molecule has 2 rings (SSSR count). The summed E-state index contributed by atoms with van der Waals surface area (Å²) in [6.07, 6.45) is 0. The minimum Gasteiger partial charge on any atom is -0.290 e. The van der Waals surface area contributed by atoms with Crippen LogP contribution in [0.15, 0.2) is 30.3 Å². The Bertz CT molecular complexity index is 274. The van der Waals surface area contributed by atoms with E-state index in [-0.39, 0.29) is 0 Å². The third-order valence-corrected chi connectivity index (χ3v) is 2.95. The third-order valence-electron chi connectivity index (χ3n) is 2.95. The average Bonchev–Trinajstić information content (AvgIpc) is 2.47. The molecule has 1 heterocycles. The Morgan fingerprint density at radius 3 is 2.57 bits per heavy atom. The summed E-state index contributed by atoms with van der Waals surface area (Å²) in [5.41, 5.74) is 1.41. The number of nitrogens with zero attached hydrogens (tertiary/aromatic N) is 2. The minimum atomic E-state index is 0.693. The van der Waals surface area contributed by atoms with Crippen molar-refractivity contribution in [2.75, 3.05) is 20.3 Å². The SMILES string of the molecule is CC1CN(Cc2ccccc2)CN1C. The van der Waals surface area contributed by atoms with Crippen molar-refractivity contribution in [3.8, 4) is 0 Å². The third kappa shape index (κ3) is 2.14. The van der Waals surface area contributed by atoms with Crippen LogP contribution < -0.4 is 0 Å². The van der Waals surface area contributed by atoms with E-state index in [1.807, 2.05) is 0 Å². The highest BCUT2D eigenvalue weighted by atomic mass is 15.4. The maximum Gasteiger partial charge on any atom is 0.0510 e. The molecule has 0 aromatic heterocycles. The van der Waals surface area contributed by atoms with E-state index in [0.29, 0.717) is 6.04 Å². The number of hydrogen-bond acceptors (Lipinski definition) is 2. The van der Waals surface area contributed by atoms with E-state index in [1.165, 1.54) is 12.1 Å². The summed E-state index contributed by atoms with van der Waals surface area (Å²) < 4.78 is 0. The van der Waals surface area contributed by atoms with Gasteiger partial charge in [-0.05, 0) is 19.5 Å². The highest BCUT2D eigenvalue weighted by Gasteiger charge is 2.23. The van der Waals surface area contributed by atoms with Gasteiger partial charge in [-0.25, -0.2) is 0 Å². The molecule has 1 aliphatic rings. The molecule has 1 aromatic rings. The van der Waals surface area contributed by atoms with Crippen molar-refractivity contribution in [1.29, 1.82) is 0 Å². The van der Waals surface area contributed by atoms with Crippen molar-refractivity contribution in [3.05, 3.63) is 35.9 Å². The second-order valence-corrected chi connectivity index (χ2v) is 4.24. The van der Waals surface area contributed by atoms with Crippen LogP contribution in [0.5, 0.6) is 0 Å². The molecule has 0 amide bonds. The van der Waals surface area contributed by atoms with Gasteiger partial charge in [0.2, 0.25) is 0 Å². The van der Waals surface area contributed by atoms with Gasteiger partial charge in [0, 0.05) is 19.1 Å². The second-order valence-electron chi connectivity index (χ2n) is 4.24. The van der Waals surface area contributed by atoms with E-state index < -0.39 is 0 Å². The molecule has 0 radical (unpaired) electrons. The predicted molar refractivity (Wildman–Crippen MR) is 58.9 cm³/mol. The Kier molecular flexibility index (Phi) is 2.85. The van der Waals surface area contributed by atoms with Crippen LogP contribution in [0.3, 0.4) is 0 Å². The van der Waals surface area contributed by atoms with Crippen LogP contribution in [0.1, 0.15) is 12.5 Å². The Morgan fingerprint density at radius 1 is 1.29 bits per heavy atom. The van der Waals surface area contributed by atoms with Crippen LogP contribution in [-0.4, -0.2) is 36.1 Å². The Morgan fingerprint density at radius 2 is 2.00 bits per heavy atom. The normalized spacial score (nSPS) is 24.3. The van der Waals surface area contributed by atoms with E-state index in [1.54, 1.807) is 0 Å². The second kappa shape index (κ2) is 4.11. The van der Waals surface area contributed by atoms with Gasteiger partial charge in [-0.3, -0.25) is 9.80 Å². The molecule has 76 valence electrons. The molecular formula is C12H18N2. The lowest BCUT2D eigenvalue weighted by Gasteiger charge is -2.14. The average molecular weight is 190 g/mol. The highest BCUT2D eigenvalue weighted by Crippen LogP contribution is 2.13. The summed E-state index contributed by atoms with van der Waals surface area (Å²) in [4.78, 5) is 4.88. The lowest BCUT2D eigenvalue weighted by atomic mass is 10.2. The molecule has 14 heavy (non-hydrogen) atoms. The maximum atomic E-state index is 2.49. The zero-order valence-corrected chi connectivity index (χ0v) is 8.98. The van der Waals surface area contributed by atoms with Crippen molar-refractivity contribution < 1.29 is 0 Å².